The Morgan fingerprint density at radius 1 is 1.39 bits per heavy atom. The molecule has 2 heterocycles. The lowest BCUT2D eigenvalue weighted by atomic mass is 10.2. The maximum atomic E-state index is 4.49. The van der Waals surface area contributed by atoms with Crippen LogP contribution < -0.4 is 5.32 Å². The van der Waals surface area contributed by atoms with Crippen LogP contribution in [0, 0.1) is 0 Å². The summed E-state index contributed by atoms with van der Waals surface area (Å²) in [5.74, 6) is 0. The Hall–Kier alpha value is -1.68. The smallest absolute Gasteiger partial charge is 0.0945 e. The molecule has 0 fully saturated rings. The molecule has 0 aromatic carbocycles. The predicted molar refractivity (Wildman–Crippen MR) is 70.1 cm³/mol. The van der Waals surface area contributed by atoms with Gasteiger partial charge in [0.1, 0.15) is 0 Å². The van der Waals surface area contributed by atoms with E-state index >= 15 is 0 Å². The molecule has 2 aromatic heterocycles. The first-order valence-corrected chi connectivity index (χ1v) is 6.56. The number of fused-ring (bicyclic) bond motifs is 1. The monoisotopic (exact) mass is 242 g/mol. The Balaban J connectivity index is 1.47. The third kappa shape index (κ3) is 2.43. The molecule has 1 aliphatic rings. The number of nitrogens with zero attached hydrogens (tertiary/aromatic N) is 3. The highest BCUT2D eigenvalue weighted by Crippen LogP contribution is 2.28. The van der Waals surface area contributed by atoms with Gasteiger partial charge >= 0.3 is 0 Å². The van der Waals surface area contributed by atoms with Gasteiger partial charge in [-0.25, -0.2) is 4.98 Å². The predicted octanol–water partition coefficient (Wildman–Crippen LogP) is 1.95. The zero-order chi connectivity index (χ0) is 12.2. The molecule has 4 heteroatoms. The molecule has 0 amide bonds. The molecule has 0 aliphatic heterocycles. The first-order valence-electron chi connectivity index (χ1n) is 6.56. The van der Waals surface area contributed by atoms with Crippen LogP contribution in [0.5, 0.6) is 0 Å². The summed E-state index contributed by atoms with van der Waals surface area (Å²) in [7, 11) is 0. The summed E-state index contributed by atoms with van der Waals surface area (Å²) in [4.78, 5) is 8.53. The lowest BCUT2D eigenvalue weighted by Crippen LogP contribution is -2.22. The van der Waals surface area contributed by atoms with Crippen LogP contribution in [0.2, 0.25) is 0 Å². The van der Waals surface area contributed by atoms with Crippen molar-refractivity contribution in [2.45, 2.75) is 31.8 Å². The van der Waals surface area contributed by atoms with Crippen LogP contribution in [-0.4, -0.2) is 21.1 Å². The van der Waals surface area contributed by atoms with Crippen molar-refractivity contribution in [1.29, 1.82) is 0 Å². The molecule has 1 N–H and O–H groups in total. The van der Waals surface area contributed by atoms with Gasteiger partial charge in [0.05, 0.1) is 18.1 Å². The van der Waals surface area contributed by atoms with Crippen LogP contribution in [0.4, 0.5) is 0 Å². The second kappa shape index (κ2) is 5.31. The molecule has 1 atom stereocenters. The van der Waals surface area contributed by atoms with Gasteiger partial charge in [0.25, 0.3) is 0 Å². The van der Waals surface area contributed by atoms with Crippen LogP contribution in [0.15, 0.2) is 37.1 Å². The Morgan fingerprint density at radius 3 is 3.28 bits per heavy atom. The molecule has 0 spiro atoms. The number of hydrogen-bond donors (Lipinski definition) is 1. The molecule has 2 aromatic rings. The zero-order valence-electron chi connectivity index (χ0n) is 10.4. The largest absolute Gasteiger partial charge is 0.337 e. The minimum atomic E-state index is 0.448. The molecular formula is C14H18N4. The van der Waals surface area contributed by atoms with E-state index in [0.717, 1.165) is 25.9 Å². The summed E-state index contributed by atoms with van der Waals surface area (Å²) in [5, 5.41) is 3.60. The number of pyridine rings is 1. The first-order chi connectivity index (χ1) is 8.93. The second-order valence-corrected chi connectivity index (χ2v) is 4.75. The van der Waals surface area contributed by atoms with Gasteiger partial charge in [-0.05, 0) is 37.4 Å². The molecule has 0 radical (unpaired) electrons. The number of aromatic nitrogens is 3. The van der Waals surface area contributed by atoms with E-state index in [9.17, 15) is 0 Å². The van der Waals surface area contributed by atoms with Gasteiger partial charge in [-0.15, -0.1) is 0 Å². The summed E-state index contributed by atoms with van der Waals surface area (Å²) >= 11 is 0. The number of imidazole rings is 1. The standard InChI is InChI=1S/C14H18N4/c1-3-12-4-5-13(14(12)17-6-1)16-7-2-9-18-10-8-15-11-18/h1,3,6,8,10-11,13,16H,2,4-5,7,9H2. The van der Waals surface area contributed by atoms with E-state index in [4.69, 9.17) is 0 Å². The number of rotatable bonds is 5. The van der Waals surface area contributed by atoms with Gasteiger partial charge in [0, 0.05) is 25.1 Å². The van der Waals surface area contributed by atoms with Crippen molar-refractivity contribution in [1.82, 2.24) is 19.9 Å². The highest BCUT2D eigenvalue weighted by Gasteiger charge is 2.22. The maximum absolute atomic E-state index is 4.49. The van der Waals surface area contributed by atoms with Crippen molar-refractivity contribution in [2.75, 3.05) is 6.54 Å². The Morgan fingerprint density at radius 2 is 2.39 bits per heavy atom. The van der Waals surface area contributed by atoms with Crippen LogP contribution in [0.3, 0.4) is 0 Å². The second-order valence-electron chi connectivity index (χ2n) is 4.75. The van der Waals surface area contributed by atoms with E-state index in [-0.39, 0.29) is 0 Å². The molecule has 0 saturated carbocycles. The molecule has 18 heavy (non-hydrogen) atoms. The third-order valence-corrected chi connectivity index (χ3v) is 3.50. The molecule has 94 valence electrons. The van der Waals surface area contributed by atoms with Gasteiger partial charge in [0.2, 0.25) is 0 Å². The minimum absolute atomic E-state index is 0.448. The van der Waals surface area contributed by atoms with Crippen molar-refractivity contribution < 1.29 is 0 Å². The number of aryl methyl sites for hydroxylation is 2. The zero-order valence-corrected chi connectivity index (χ0v) is 10.4. The van der Waals surface area contributed by atoms with Crippen molar-refractivity contribution in [3.63, 3.8) is 0 Å². The molecule has 0 saturated heterocycles. The van der Waals surface area contributed by atoms with Crippen LogP contribution >= 0.6 is 0 Å². The van der Waals surface area contributed by atoms with Gasteiger partial charge in [-0.1, -0.05) is 6.07 Å². The van der Waals surface area contributed by atoms with Gasteiger partial charge < -0.3 is 9.88 Å². The highest BCUT2D eigenvalue weighted by molar-refractivity contribution is 5.27. The maximum Gasteiger partial charge on any atom is 0.0945 e. The number of nitrogens with one attached hydrogen (secondary N) is 1. The van der Waals surface area contributed by atoms with E-state index in [2.05, 4.69) is 25.9 Å². The lowest BCUT2D eigenvalue weighted by molar-refractivity contribution is 0.493. The Bertz CT molecular complexity index is 492. The summed E-state index contributed by atoms with van der Waals surface area (Å²) in [6.07, 6.45) is 11.0. The topological polar surface area (TPSA) is 42.7 Å². The Labute approximate surface area is 107 Å². The summed E-state index contributed by atoms with van der Waals surface area (Å²) in [5.41, 5.74) is 2.66. The van der Waals surface area contributed by atoms with E-state index in [1.54, 1.807) is 0 Å². The normalized spacial score (nSPS) is 17.9. The van der Waals surface area contributed by atoms with Crippen LogP contribution in [0.1, 0.15) is 30.1 Å². The molecule has 4 nitrogen and oxygen atoms in total. The summed E-state index contributed by atoms with van der Waals surface area (Å²) in [6, 6.07) is 4.67. The van der Waals surface area contributed by atoms with Crippen molar-refractivity contribution in [2.24, 2.45) is 0 Å². The van der Waals surface area contributed by atoms with Crippen LogP contribution in [-0.2, 0) is 13.0 Å². The fourth-order valence-electron chi connectivity index (χ4n) is 2.57. The average Bonchev–Trinajstić information content (AvgIpc) is 3.04. The van der Waals surface area contributed by atoms with Crippen molar-refractivity contribution >= 4 is 0 Å². The SMILES string of the molecule is c1cnc2c(c1)CCC2NCCCn1ccnc1. The fourth-order valence-corrected chi connectivity index (χ4v) is 2.57. The van der Waals surface area contributed by atoms with E-state index < -0.39 is 0 Å². The van der Waals surface area contributed by atoms with Crippen molar-refractivity contribution in [3.8, 4) is 0 Å². The van der Waals surface area contributed by atoms with Gasteiger partial charge in [-0.2, -0.15) is 0 Å². The number of hydrogen-bond acceptors (Lipinski definition) is 3. The van der Waals surface area contributed by atoms with Crippen LogP contribution in [0.25, 0.3) is 0 Å². The van der Waals surface area contributed by atoms with Gasteiger partial charge in [-0.3, -0.25) is 4.98 Å². The molecule has 1 aliphatic carbocycles. The Kier molecular flexibility index (Phi) is 3.37. The fraction of sp³-hybridized carbons (Fsp3) is 0.429. The molecule has 3 rings (SSSR count). The van der Waals surface area contributed by atoms with E-state index in [0.29, 0.717) is 6.04 Å². The summed E-state index contributed by atoms with van der Waals surface area (Å²) in [6.45, 7) is 2.05. The minimum Gasteiger partial charge on any atom is -0.337 e. The quantitative estimate of drug-likeness (QED) is 0.815. The molecular weight excluding hydrogens is 224 g/mol. The third-order valence-electron chi connectivity index (χ3n) is 3.50. The molecule has 0 bridgehead atoms. The van der Waals surface area contributed by atoms with Crippen molar-refractivity contribution in [3.05, 3.63) is 48.3 Å². The average molecular weight is 242 g/mol. The van der Waals surface area contributed by atoms with E-state index in [1.807, 2.05) is 31.0 Å². The highest BCUT2D eigenvalue weighted by atomic mass is 15.0. The van der Waals surface area contributed by atoms with Gasteiger partial charge in [0.15, 0.2) is 0 Å². The first kappa shape index (κ1) is 11.4. The summed E-state index contributed by atoms with van der Waals surface area (Å²) < 4.78 is 2.11. The van der Waals surface area contributed by atoms with E-state index in [1.165, 1.54) is 17.7 Å². The lowest BCUT2D eigenvalue weighted by Gasteiger charge is -2.12. The molecule has 1 unspecified atom stereocenters.